The molecule has 8 heteroatoms. The second kappa shape index (κ2) is 8.29. The number of para-hydroxylation sites is 1. The van der Waals surface area contributed by atoms with Crippen molar-refractivity contribution in [3.8, 4) is 11.3 Å². The van der Waals surface area contributed by atoms with Crippen LogP contribution < -0.4 is 15.8 Å². The van der Waals surface area contributed by atoms with Gasteiger partial charge >= 0.3 is 0 Å². The number of nitrogens with one attached hydrogen (secondary N) is 2. The first kappa shape index (κ1) is 19.4. The molecule has 0 saturated carbocycles. The molecular formula is C23H24N6O2. The molecule has 31 heavy (non-hydrogen) atoms. The third-order valence-corrected chi connectivity index (χ3v) is 6.06. The Kier molecular flexibility index (Phi) is 5.19. The third-order valence-electron chi connectivity index (χ3n) is 6.06. The van der Waals surface area contributed by atoms with Crippen molar-refractivity contribution in [3.05, 3.63) is 64.1 Å². The molecule has 1 aromatic carbocycles. The molecule has 1 aliphatic heterocycles. The number of carbonyl (C=O) groups is 1. The third kappa shape index (κ3) is 4.05. The van der Waals surface area contributed by atoms with Crippen molar-refractivity contribution in [1.82, 2.24) is 20.4 Å². The lowest BCUT2D eigenvalue weighted by Crippen LogP contribution is -2.41. The van der Waals surface area contributed by atoms with Gasteiger partial charge < -0.3 is 10.2 Å². The van der Waals surface area contributed by atoms with E-state index in [0.29, 0.717) is 17.9 Å². The van der Waals surface area contributed by atoms with Gasteiger partial charge in [0.05, 0.1) is 23.0 Å². The Balaban J connectivity index is 1.32. The highest BCUT2D eigenvalue weighted by atomic mass is 16.2. The number of H-pyrrole nitrogens is 1. The van der Waals surface area contributed by atoms with Crippen LogP contribution in [0.4, 0.5) is 11.5 Å². The van der Waals surface area contributed by atoms with Crippen LogP contribution in [0.15, 0.2) is 47.3 Å². The Morgan fingerprint density at radius 1 is 1.10 bits per heavy atom. The van der Waals surface area contributed by atoms with E-state index in [9.17, 15) is 9.59 Å². The fraction of sp³-hybridized carbons (Fsp3) is 0.348. The number of hydrogen-bond acceptors (Lipinski definition) is 6. The number of aromatic nitrogens is 4. The summed E-state index contributed by atoms with van der Waals surface area (Å²) in [6.07, 6.45) is 4.98. The minimum Gasteiger partial charge on any atom is -0.354 e. The minimum atomic E-state index is -0.262. The molecule has 0 radical (unpaired) electrons. The van der Waals surface area contributed by atoms with Crippen LogP contribution in [0.2, 0.25) is 0 Å². The van der Waals surface area contributed by atoms with Gasteiger partial charge in [0.25, 0.3) is 5.56 Å². The zero-order chi connectivity index (χ0) is 21.2. The Labute approximate surface area is 179 Å². The minimum absolute atomic E-state index is 0.0179. The smallest absolute Gasteiger partial charge is 0.264 e. The van der Waals surface area contributed by atoms with Gasteiger partial charge in [-0.15, -0.1) is 5.10 Å². The van der Waals surface area contributed by atoms with Crippen molar-refractivity contribution < 1.29 is 4.79 Å². The van der Waals surface area contributed by atoms with Crippen molar-refractivity contribution >= 4 is 17.4 Å². The number of piperidine rings is 1. The molecule has 3 heterocycles. The van der Waals surface area contributed by atoms with Crippen LogP contribution in [0.25, 0.3) is 11.3 Å². The number of aromatic amines is 1. The van der Waals surface area contributed by atoms with Gasteiger partial charge in [-0.25, -0.2) is 5.10 Å². The van der Waals surface area contributed by atoms with Gasteiger partial charge in [0.2, 0.25) is 5.91 Å². The number of carbonyl (C=O) groups excluding carboxylic acids is 1. The first-order chi connectivity index (χ1) is 15.2. The van der Waals surface area contributed by atoms with Gasteiger partial charge in [-0.1, -0.05) is 18.2 Å². The highest BCUT2D eigenvalue weighted by molar-refractivity contribution is 5.96. The van der Waals surface area contributed by atoms with E-state index in [0.717, 1.165) is 55.7 Å². The number of anilines is 2. The molecule has 3 aromatic rings. The summed E-state index contributed by atoms with van der Waals surface area (Å²) in [7, 11) is 0. The van der Waals surface area contributed by atoms with E-state index in [1.165, 1.54) is 11.6 Å². The summed E-state index contributed by atoms with van der Waals surface area (Å²) >= 11 is 0. The Morgan fingerprint density at radius 2 is 2.00 bits per heavy atom. The maximum atomic E-state index is 13.1. The molecular weight excluding hydrogens is 392 g/mol. The fourth-order valence-corrected chi connectivity index (χ4v) is 4.42. The summed E-state index contributed by atoms with van der Waals surface area (Å²) in [5, 5.41) is 18.4. The number of aryl methyl sites for hydroxylation is 2. The van der Waals surface area contributed by atoms with Gasteiger partial charge in [-0.2, -0.15) is 10.2 Å². The van der Waals surface area contributed by atoms with Crippen LogP contribution in [-0.4, -0.2) is 39.4 Å². The molecule has 0 bridgehead atoms. The predicted octanol–water partition coefficient (Wildman–Crippen LogP) is 2.57. The summed E-state index contributed by atoms with van der Waals surface area (Å²) in [4.78, 5) is 26.6. The highest BCUT2D eigenvalue weighted by Gasteiger charge is 2.28. The SMILES string of the molecule is O=C(Nc1ccccc1-c1ccc(=O)[nH]n1)[C@H]1CCCN(c2cc3c(nn2)CCC3)C1. The number of nitrogens with zero attached hydrogens (tertiary/aromatic N) is 4. The lowest BCUT2D eigenvalue weighted by Gasteiger charge is -2.32. The second-order valence-electron chi connectivity index (χ2n) is 8.15. The summed E-state index contributed by atoms with van der Waals surface area (Å²) < 4.78 is 0. The van der Waals surface area contributed by atoms with Crippen molar-refractivity contribution in [1.29, 1.82) is 0 Å². The molecule has 2 N–H and O–H groups in total. The molecule has 2 aliphatic rings. The zero-order valence-electron chi connectivity index (χ0n) is 17.2. The average Bonchev–Trinajstić information content (AvgIpc) is 3.28. The van der Waals surface area contributed by atoms with Gasteiger partial charge in [-0.05, 0) is 55.9 Å². The van der Waals surface area contributed by atoms with Gasteiger partial charge in [-0.3, -0.25) is 9.59 Å². The van der Waals surface area contributed by atoms with Crippen LogP contribution in [0.5, 0.6) is 0 Å². The Morgan fingerprint density at radius 3 is 2.87 bits per heavy atom. The maximum Gasteiger partial charge on any atom is 0.264 e. The Bertz CT molecular complexity index is 1150. The number of rotatable bonds is 4. The zero-order valence-corrected chi connectivity index (χ0v) is 17.2. The Hall–Kier alpha value is -3.55. The molecule has 158 valence electrons. The molecule has 1 saturated heterocycles. The standard InChI is InChI=1S/C23H24N6O2/c30-22-11-10-20(26-28-22)17-7-1-2-8-19(17)24-23(31)16-6-4-12-29(14-16)21-13-15-5-3-9-18(15)25-27-21/h1-2,7-8,10-11,13,16H,3-6,9,12,14H2,(H,24,31)(H,28,30)/t16-/m0/s1. The van der Waals surface area contributed by atoms with E-state index >= 15 is 0 Å². The normalized spacial score (nSPS) is 17.9. The summed E-state index contributed by atoms with van der Waals surface area (Å²) in [5.41, 5.74) is 4.20. The maximum absolute atomic E-state index is 13.1. The fourth-order valence-electron chi connectivity index (χ4n) is 4.42. The van der Waals surface area contributed by atoms with Crippen LogP contribution >= 0.6 is 0 Å². The van der Waals surface area contributed by atoms with E-state index in [-0.39, 0.29) is 17.4 Å². The summed E-state index contributed by atoms with van der Waals surface area (Å²) in [6, 6.07) is 12.7. The van der Waals surface area contributed by atoms with Crippen LogP contribution in [-0.2, 0) is 17.6 Å². The molecule has 5 rings (SSSR count). The molecule has 8 nitrogen and oxygen atoms in total. The lowest BCUT2D eigenvalue weighted by molar-refractivity contribution is -0.120. The van der Waals surface area contributed by atoms with Crippen LogP contribution in [0.3, 0.4) is 0 Å². The van der Waals surface area contributed by atoms with E-state index in [4.69, 9.17) is 0 Å². The van der Waals surface area contributed by atoms with Crippen LogP contribution in [0, 0.1) is 5.92 Å². The highest BCUT2D eigenvalue weighted by Crippen LogP contribution is 2.29. The molecule has 0 unspecified atom stereocenters. The number of benzene rings is 1. The van der Waals surface area contributed by atoms with Gasteiger partial charge in [0.15, 0.2) is 5.82 Å². The van der Waals surface area contributed by atoms with Crippen molar-refractivity contribution in [3.63, 3.8) is 0 Å². The molecule has 1 atom stereocenters. The van der Waals surface area contributed by atoms with E-state index in [1.54, 1.807) is 6.07 Å². The van der Waals surface area contributed by atoms with E-state index in [2.05, 4.69) is 36.7 Å². The topological polar surface area (TPSA) is 104 Å². The average molecular weight is 416 g/mol. The molecule has 2 aromatic heterocycles. The molecule has 0 spiro atoms. The monoisotopic (exact) mass is 416 g/mol. The quantitative estimate of drug-likeness (QED) is 0.678. The number of amides is 1. The van der Waals surface area contributed by atoms with Crippen LogP contribution in [0.1, 0.15) is 30.5 Å². The van der Waals surface area contributed by atoms with Crippen molar-refractivity contribution in [2.24, 2.45) is 5.92 Å². The largest absolute Gasteiger partial charge is 0.354 e. The molecule has 1 fully saturated rings. The predicted molar refractivity (Wildman–Crippen MR) is 118 cm³/mol. The van der Waals surface area contributed by atoms with E-state index in [1.807, 2.05) is 24.3 Å². The lowest BCUT2D eigenvalue weighted by atomic mass is 9.96. The van der Waals surface area contributed by atoms with Gasteiger partial charge in [0, 0.05) is 24.7 Å². The van der Waals surface area contributed by atoms with Crippen molar-refractivity contribution in [2.75, 3.05) is 23.3 Å². The van der Waals surface area contributed by atoms with Crippen molar-refractivity contribution in [2.45, 2.75) is 32.1 Å². The number of hydrogen-bond donors (Lipinski definition) is 2. The summed E-state index contributed by atoms with van der Waals surface area (Å²) in [6.45, 7) is 1.51. The van der Waals surface area contributed by atoms with Gasteiger partial charge in [0.1, 0.15) is 0 Å². The molecule has 1 aliphatic carbocycles. The molecule has 1 amide bonds. The van der Waals surface area contributed by atoms with E-state index < -0.39 is 0 Å². The first-order valence-corrected chi connectivity index (χ1v) is 10.7. The second-order valence-corrected chi connectivity index (χ2v) is 8.15. The first-order valence-electron chi connectivity index (χ1n) is 10.7. The summed E-state index contributed by atoms with van der Waals surface area (Å²) in [5.74, 6) is 0.715. The number of fused-ring (bicyclic) bond motifs is 1.